The molecule has 0 bridgehead atoms. The SMILES string of the molecule is O=C(O)c1cccc(C[C@H](NS(=O)(=O)Cc2ccccc2)[B-](O)(O)O)c1. The van der Waals surface area contributed by atoms with E-state index in [0.29, 0.717) is 11.1 Å². The Balaban J connectivity index is 2.20. The number of benzene rings is 2. The van der Waals surface area contributed by atoms with Crippen LogP contribution in [-0.4, -0.2) is 47.3 Å². The van der Waals surface area contributed by atoms with Crippen molar-refractivity contribution in [1.29, 1.82) is 0 Å². The molecule has 2 aromatic carbocycles. The average Bonchev–Trinajstić information content (AvgIpc) is 2.54. The van der Waals surface area contributed by atoms with Crippen molar-refractivity contribution < 1.29 is 33.4 Å². The minimum atomic E-state index is -4.03. The van der Waals surface area contributed by atoms with Crippen LogP contribution in [0.3, 0.4) is 0 Å². The fourth-order valence-corrected chi connectivity index (χ4v) is 3.88. The van der Waals surface area contributed by atoms with Gasteiger partial charge in [0.1, 0.15) is 0 Å². The molecule has 2 aromatic rings. The standard InChI is InChI=1S/C16H19BNO7S/c19-16(20)14-8-4-7-13(9-14)10-15(17(21,22)23)18-26(24,25)11-12-5-2-1-3-6-12/h1-9,15,18,21-23H,10-11H2,(H,19,20)/q-1/t15-/m0/s1. The van der Waals surface area contributed by atoms with Crippen LogP contribution in [0.25, 0.3) is 0 Å². The Morgan fingerprint density at radius 2 is 1.62 bits per heavy atom. The Hall–Kier alpha value is -2.24. The van der Waals surface area contributed by atoms with Gasteiger partial charge in [0.05, 0.1) is 11.3 Å². The van der Waals surface area contributed by atoms with Gasteiger partial charge in [0, 0.05) is 0 Å². The van der Waals surface area contributed by atoms with Crippen LogP contribution in [0, 0.1) is 0 Å². The highest BCUT2D eigenvalue weighted by atomic mass is 32.2. The van der Waals surface area contributed by atoms with Gasteiger partial charge in [-0.2, -0.15) is 0 Å². The van der Waals surface area contributed by atoms with E-state index in [4.69, 9.17) is 5.11 Å². The van der Waals surface area contributed by atoms with Crippen LogP contribution in [0.4, 0.5) is 0 Å². The van der Waals surface area contributed by atoms with Crippen molar-refractivity contribution in [1.82, 2.24) is 4.72 Å². The first-order chi connectivity index (χ1) is 12.1. The molecule has 8 nitrogen and oxygen atoms in total. The van der Waals surface area contributed by atoms with Crippen molar-refractivity contribution in [3.8, 4) is 0 Å². The van der Waals surface area contributed by atoms with E-state index in [0.717, 1.165) is 0 Å². The van der Waals surface area contributed by atoms with E-state index in [1.807, 2.05) is 0 Å². The molecule has 0 amide bonds. The normalized spacial score (nSPS) is 13.3. The molecule has 2 rings (SSSR count). The second-order valence-corrected chi connectivity index (χ2v) is 7.73. The summed E-state index contributed by atoms with van der Waals surface area (Å²) in [5.74, 6) is -3.22. The first-order valence-electron chi connectivity index (χ1n) is 7.75. The van der Waals surface area contributed by atoms with Gasteiger partial charge in [0.25, 0.3) is 0 Å². The minimum absolute atomic E-state index is 0.0414. The van der Waals surface area contributed by atoms with E-state index >= 15 is 0 Å². The minimum Gasteiger partial charge on any atom is -0.559 e. The molecule has 0 spiro atoms. The number of aromatic carboxylic acids is 1. The van der Waals surface area contributed by atoms with Crippen LogP contribution < -0.4 is 4.72 Å². The number of rotatable bonds is 8. The van der Waals surface area contributed by atoms with E-state index in [1.165, 1.54) is 24.3 Å². The van der Waals surface area contributed by atoms with Crippen LogP contribution in [0.2, 0.25) is 0 Å². The molecule has 0 saturated heterocycles. The van der Waals surface area contributed by atoms with E-state index in [-0.39, 0.29) is 12.0 Å². The molecular weight excluding hydrogens is 361 g/mol. The number of carboxylic acids is 1. The summed E-state index contributed by atoms with van der Waals surface area (Å²) in [6, 6.07) is 13.8. The van der Waals surface area contributed by atoms with E-state index in [9.17, 15) is 28.3 Å². The molecule has 0 aromatic heterocycles. The Kier molecular flexibility index (Phi) is 6.16. The average molecular weight is 380 g/mol. The summed E-state index contributed by atoms with van der Waals surface area (Å²) < 4.78 is 26.7. The van der Waals surface area contributed by atoms with Crippen LogP contribution in [-0.2, 0) is 22.2 Å². The third-order valence-electron chi connectivity index (χ3n) is 3.70. The van der Waals surface area contributed by atoms with E-state index in [2.05, 4.69) is 4.72 Å². The molecule has 1 atom stereocenters. The topological polar surface area (TPSA) is 144 Å². The Labute approximate surface area is 150 Å². The fraction of sp³-hybridized carbons (Fsp3) is 0.188. The van der Waals surface area contributed by atoms with Crippen LogP contribution >= 0.6 is 0 Å². The maximum absolute atomic E-state index is 12.3. The zero-order valence-electron chi connectivity index (χ0n) is 13.7. The highest BCUT2D eigenvalue weighted by molar-refractivity contribution is 7.88. The Bertz CT molecular complexity index is 866. The predicted molar refractivity (Wildman–Crippen MR) is 95.5 cm³/mol. The number of nitrogens with one attached hydrogen (secondary N) is 1. The largest absolute Gasteiger partial charge is 0.559 e. The maximum Gasteiger partial charge on any atom is 0.389 e. The molecular formula is C16H19BNO7S-. The smallest absolute Gasteiger partial charge is 0.389 e. The quantitative estimate of drug-likeness (QED) is 0.401. The number of hydrogen-bond acceptors (Lipinski definition) is 6. The molecule has 0 aliphatic carbocycles. The molecule has 0 radical (unpaired) electrons. The number of sulfonamides is 1. The second-order valence-electron chi connectivity index (χ2n) is 5.97. The maximum atomic E-state index is 12.3. The van der Waals surface area contributed by atoms with E-state index in [1.54, 1.807) is 30.3 Å². The fourth-order valence-electron chi connectivity index (χ4n) is 2.44. The van der Waals surface area contributed by atoms with Gasteiger partial charge in [-0.1, -0.05) is 42.5 Å². The summed E-state index contributed by atoms with van der Waals surface area (Å²) in [5, 5.41) is 37.7. The van der Waals surface area contributed by atoms with Crippen LogP contribution in [0.5, 0.6) is 0 Å². The molecule has 0 heterocycles. The van der Waals surface area contributed by atoms with Gasteiger partial charge in [-0.15, -0.1) is 0 Å². The lowest BCUT2D eigenvalue weighted by molar-refractivity contribution is 0.0696. The molecule has 140 valence electrons. The molecule has 10 heteroatoms. The van der Waals surface area contributed by atoms with Crippen molar-refractivity contribution in [3.63, 3.8) is 0 Å². The molecule has 5 N–H and O–H groups in total. The lowest BCUT2D eigenvalue weighted by atomic mass is 9.68. The second kappa shape index (κ2) is 7.98. The molecule has 0 unspecified atom stereocenters. The first kappa shape index (κ1) is 20.1. The summed E-state index contributed by atoms with van der Waals surface area (Å²) in [5.41, 5.74) is 0.763. The monoisotopic (exact) mass is 380 g/mol. The van der Waals surface area contributed by atoms with Gasteiger partial charge in [-0.3, -0.25) is 0 Å². The lowest BCUT2D eigenvalue weighted by Gasteiger charge is -2.32. The van der Waals surface area contributed by atoms with Crippen molar-refractivity contribution >= 4 is 22.7 Å². The molecule has 0 saturated carbocycles. The van der Waals surface area contributed by atoms with Gasteiger partial charge in [0.15, 0.2) is 0 Å². The number of hydrogen-bond donors (Lipinski definition) is 5. The van der Waals surface area contributed by atoms with Gasteiger partial charge in [0.2, 0.25) is 10.0 Å². The van der Waals surface area contributed by atoms with Crippen molar-refractivity contribution in [2.24, 2.45) is 0 Å². The summed E-state index contributed by atoms with van der Waals surface area (Å²) in [6.45, 7) is -4.03. The Morgan fingerprint density at radius 3 is 2.19 bits per heavy atom. The molecule has 0 fully saturated rings. The first-order valence-corrected chi connectivity index (χ1v) is 9.40. The Morgan fingerprint density at radius 1 is 1.00 bits per heavy atom. The summed E-state index contributed by atoms with van der Waals surface area (Å²) in [7, 11) is -3.99. The third kappa shape index (κ3) is 5.93. The van der Waals surface area contributed by atoms with Crippen molar-refractivity contribution in [3.05, 3.63) is 71.3 Å². The molecule has 0 aliphatic heterocycles. The highest BCUT2D eigenvalue weighted by Crippen LogP contribution is 2.13. The third-order valence-corrected chi connectivity index (χ3v) is 5.08. The highest BCUT2D eigenvalue weighted by Gasteiger charge is 2.32. The lowest BCUT2D eigenvalue weighted by Crippen LogP contribution is -2.58. The zero-order chi connectivity index (χ0) is 19.4. The van der Waals surface area contributed by atoms with Crippen molar-refractivity contribution in [2.45, 2.75) is 18.1 Å². The summed E-state index contributed by atoms with van der Waals surface area (Å²) in [6.07, 6.45) is -0.307. The van der Waals surface area contributed by atoms with E-state index < -0.39 is 34.4 Å². The predicted octanol–water partition coefficient (Wildman–Crippen LogP) is -0.129. The number of carbonyl (C=O) groups is 1. The molecule has 26 heavy (non-hydrogen) atoms. The van der Waals surface area contributed by atoms with Crippen LogP contribution in [0.15, 0.2) is 54.6 Å². The number of carboxylic acid groups (broad SMARTS) is 1. The van der Waals surface area contributed by atoms with Gasteiger partial charge >= 0.3 is 12.7 Å². The van der Waals surface area contributed by atoms with Crippen LogP contribution in [0.1, 0.15) is 21.5 Å². The van der Waals surface area contributed by atoms with Gasteiger partial charge in [-0.25, -0.2) is 17.9 Å². The summed E-state index contributed by atoms with van der Waals surface area (Å²) in [4.78, 5) is 11.0. The zero-order valence-corrected chi connectivity index (χ0v) is 14.5. The van der Waals surface area contributed by atoms with Gasteiger partial charge in [-0.05, 0) is 35.6 Å². The summed E-state index contributed by atoms with van der Waals surface area (Å²) >= 11 is 0. The van der Waals surface area contributed by atoms with Gasteiger partial charge < -0.3 is 20.2 Å². The van der Waals surface area contributed by atoms with Crippen molar-refractivity contribution in [2.75, 3.05) is 0 Å². The molecule has 0 aliphatic rings.